The first-order valence-corrected chi connectivity index (χ1v) is 8.67. The minimum atomic E-state index is 0.398. The van der Waals surface area contributed by atoms with E-state index < -0.39 is 0 Å². The number of nitrogens with zero attached hydrogens (tertiary/aromatic N) is 3. The molecular formula is C15H22N4OS. The zero-order chi connectivity index (χ0) is 14.4. The van der Waals surface area contributed by atoms with Crippen LogP contribution in [0.5, 0.6) is 0 Å². The smallest absolute Gasteiger partial charge is 0.195 e. The highest BCUT2D eigenvalue weighted by atomic mass is 32.1. The Morgan fingerprint density at radius 1 is 1.38 bits per heavy atom. The van der Waals surface area contributed by atoms with Crippen LogP contribution in [0.15, 0.2) is 11.6 Å². The molecule has 0 radical (unpaired) electrons. The van der Waals surface area contributed by atoms with Gasteiger partial charge in [-0.25, -0.2) is 4.98 Å². The van der Waals surface area contributed by atoms with E-state index >= 15 is 0 Å². The number of hydrogen-bond acceptors (Lipinski definition) is 5. The van der Waals surface area contributed by atoms with Crippen LogP contribution in [0.25, 0.3) is 4.96 Å². The molecule has 2 aliphatic heterocycles. The lowest BCUT2D eigenvalue weighted by Gasteiger charge is -2.33. The van der Waals surface area contributed by atoms with Crippen molar-refractivity contribution >= 4 is 22.1 Å². The second kappa shape index (κ2) is 5.26. The van der Waals surface area contributed by atoms with Crippen LogP contribution in [-0.4, -0.2) is 40.7 Å². The van der Waals surface area contributed by atoms with Gasteiger partial charge in [0.1, 0.15) is 0 Å². The second-order valence-electron chi connectivity index (χ2n) is 6.34. The van der Waals surface area contributed by atoms with E-state index in [0.717, 1.165) is 30.4 Å². The van der Waals surface area contributed by atoms with Crippen LogP contribution >= 0.6 is 11.3 Å². The molecule has 0 spiro atoms. The van der Waals surface area contributed by atoms with Gasteiger partial charge in [-0.1, -0.05) is 13.8 Å². The van der Waals surface area contributed by atoms with Crippen molar-refractivity contribution in [2.45, 2.75) is 51.5 Å². The lowest BCUT2D eigenvalue weighted by molar-refractivity contribution is 0.0302. The Bertz CT molecular complexity index is 623. The number of fused-ring (bicyclic) bond motifs is 3. The van der Waals surface area contributed by atoms with Crippen LogP contribution in [-0.2, 0) is 11.3 Å². The zero-order valence-corrected chi connectivity index (χ0v) is 13.4. The fourth-order valence-electron chi connectivity index (χ4n) is 3.33. The van der Waals surface area contributed by atoms with Gasteiger partial charge < -0.3 is 15.0 Å². The SMILES string of the molecule is CC(C)NCc1c(N2CC3CCC(C2)O3)nc2sccn12. The fraction of sp³-hybridized carbons (Fsp3) is 0.667. The van der Waals surface area contributed by atoms with Gasteiger partial charge in [-0.3, -0.25) is 4.40 Å². The lowest BCUT2D eigenvalue weighted by Crippen LogP contribution is -2.43. The molecule has 21 heavy (non-hydrogen) atoms. The maximum Gasteiger partial charge on any atom is 0.195 e. The van der Waals surface area contributed by atoms with E-state index in [-0.39, 0.29) is 0 Å². The molecule has 6 heteroatoms. The molecule has 5 nitrogen and oxygen atoms in total. The summed E-state index contributed by atoms with van der Waals surface area (Å²) in [6.45, 7) is 7.19. The number of imidazole rings is 1. The molecule has 114 valence electrons. The van der Waals surface area contributed by atoms with Crippen molar-refractivity contribution in [2.75, 3.05) is 18.0 Å². The first-order chi connectivity index (χ1) is 10.2. The maximum atomic E-state index is 5.95. The summed E-state index contributed by atoms with van der Waals surface area (Å²) in [4.78, 5) is 8.40. The molecule has 2 saturated heterocycles. The normalized spacial score (nSPS) is 25.4. The highest BCUT2D eigenvalue weighted by Gasteiger charge is 2.35. The molecule has 2 bridgehead atoms. The Morgan fingerprint density at radius 2 is 2.14 bits per heavy atom. The molecule has 2 aliphatic rings. The Kier molecular flexibility index (Phi) is 3.40. The highest BCUT2D eigenvalue weighted by Crippen LogP contribution is 2.32. The number of thiazole rings is 1. The summed E-state index contributed by atoms with van der Waals surface area (Å²) in [6, 6.07) is 0.475. The number of nitrogens with one attached hydrogen (secondary N) is 1. The monoisotopic (exact) mass is 306 g/mol. The van der Waals surface area contributed by atoms with Gasteiger partial charge in [0, 0.05) is 37.3 Å². The van der Waals surface area contributed by atoms with Gasteiger partial charge in [0.25, 0.3) is 0 Å². The minimum Gasteiger partial charge on any atom is -0.371 e. The van der Waals surface area contributed by atoms with Crippen LogP contribution in [0.2, 0.25) is 0 Å². The molecule has 0 saturated carbocycles. The number of hydrogen-bond donors (Lipinski definition) is 1. The van der Waals surface area contributed by atoms with Crippen LogP contribution in [0.1, 0.15) is 32.4 Å². The van der Waals surface area contributed by atoms with Gasteiger partial charge in [0.2, 0.25) is 0 Å². The first-order valence-electron chi connectivity index (χ1n) is 7.79. The average molecular weight is 306 g/mol. The van der Waals surface area contributed by atoms with Crippen LogP contribution < -0.4 is 10.2 Å². The Balaban J connectivity index is 1.66. The minimum absolute atomic E-state index is 0.398. The summed E-state index contributed by atoms with van der Waals surface area (Å²) < 4.78 is 8.18. The van der Waals surface area contributed by atoms with Crippen molar-refractivity contribution in [3.63, 3.8) is 0 Å². The van der Waals surface area contributed by atoms with Gasteiger partial charge >= 0.3 is 0 Å². The highest BCUT2D eigenvalue weighted by molar-refractivity contribution is 7.15. The largest absolute Gasteiger partial charge is 0.371 e. The number of ether oxygens (including phenoxy) is 1. The molecule has 2 fully saturated rings. The van der Waals surface area contributed by atoms with E-state index in [2.05, 4.69) is 40.0 Å². The van der Waals surface area contributed by atoms with Crippen molar-refractivity contribution < 1.29 is 4.74 Å². The molecule has 1 N–H and O–H groups in total. The summed E-state index contributed by atoms with van der Waals surface area (Å²) in [5, 5.41) is 5.64. The molecule has 0 amide bonds. The lowest BCUT2D eigenvalue weighted by atomic mass is 10.2. The zero-order valence-electron chi connectivity index (χ0n) is 12.6. The number of morpholine rings is 1. The topological polar surface area (TPSA) is 41.8 Å². The molecule has 2 aromatic heterocycles. The molecule has 4 heterocycles. The van der Waals surface area contributed by atoms with E-state index in [0.29, 0.717) is 18.2 Å². The van der Waals surface area contributed by atoms with Crippen LogP contribution in [0, 0.1) is 0 Å². The number of rotatable bonds is 4. The third-order valence-corrected chi connectivity index (χ3v) is 5.12. The van der Waals surface area contributed by atoms with Crippen molar-refractivity contribution in [3.05, 3.63) is 17.3 Å². The Hall–Kier alpha value is -1.11. The quantitative estimate of drug-likeness (QED) is 0.941. The molecular weight excluding hydrogens is 284 g/mol. The van der Waals surface area contributed by atoms with E-state index in [4.69, 9.17) is 9.72 Å². The summed E-state index contributed by atoms with van der Waals surface area (Å²) >= 11 is 1.70. The van der Waals surface area contributed by atoms with Gasteiger partial charge in [-0.05, 0) is 12.8 Å². The fourth-order valence-corrected chi connectivity index (χ4v) is 4.06. The van der Waals surface area contributed by atoms with Gasteiger partial charge in [0.05, 0.1) is 17.9 Å². The third kappa shape index (κ3) is 2.45. The summed E-state index contributed by atoms with van der Waals surface area (Å²) in [5.74, 6) is 1.15. The Labute approximate surface area is 128 Å². The predicted molar refractivity (Wildman–Crippen MR) is 85.2 cm³/mol. The van der Waals surface area contributed by atoms with E-state index in [1.807, 2.05) is 0 Å². The molecule has 2 aromatic rings. The first kappa shape index (κ1) is 13.5. The predicted octanol–water partition coefficient (Wildman–Crippen LogP) is 2.26. The molecule has 2 unspecified atom stereocenters. The van der Waals surface area contributed by atoms with Crippen molar-refractivity contribution in [1.82, 2.24) is 14.7 Å². The molecule has 0 aliphatic carbocycles. The van der Waals surface area contributed by atoms with E-state index in [1.54, 1.807) is 11.3 Å². The maximum absolute atomic E-state index is 5.95. The van der Waals surface area contributed by atoms with Crippen LogP contribution in [0.4, 0.5) is 5.82 Å². The average Bonchev–Trinajstić information content (AvgIpc) is 3.11. The standard InChI is InChI=1S/C15H22N4OS/c1-10(2)16-7-13-14(17-15-19(13)5-6-21-15)18-8-11-3-4-12(9-18)20-11/h5-6,10-12,16H,3-4,7-9H2,1-2H3. The summed E-state index contributed by atoms with van der Waals surface area (Å²) in [7, 11) is 0. The van der Waals surface area contributed by atoms with Gasteiger partial charge in [-0.15, -0.1) is 11.3 Å². The molecule has 0 aromatic carbocycles. The molecule has 2 atom stereocenters. The number of anilines is 1. The van der Waals surface area contributed by atoms with Crippen molar-refractivity contribution in [2.24, 2.45) is 0 Å². The Morgan fingerprint density at radius 3 is 2.86 bits per heavy atom. The van der Waals surface area contributed by atoms with Crippen LogP contribution in [0.3, 0.4) is 0 Å². The molecule has 4 rings (SSSR count). The van der Waals surface area contributed by atoms with E-state index in [1.165, 1.54) is 18.5 Å². The van der Waals surface area contributed by atoms with Crippen molar-refractivity contribution in [3.8, 4) is 0 Å². The number of aromatic nitrogens is 2. The van der Waals surface area contributed by atoms with Gasteiger partial charge in [0.15, 0.2) is 10.8 Å². The van der Waals surface area contributed by atoms with E-state index in [9.17, 15) is 0 Å². The van der Waals surface area contributed by atoms with Crippen molar-refractivity contribution in [1.29, 1.82) is 0 Å². The summed E-state index contributed by atoms with van der Waals surface area (Å²) in [6.07, 6.45) is 5.32. The second-order valence-corrected chi connectivity index (χ2v) is 7.21. The third-order valence-electron chi connectivity index (χ3n) is 4.36. The van der Waals surface area contributed by atoms with Gasteiger partial charge in [-0.2, -0.15) is 0 Å². The summed E-state index contributed by atoms with van der Waals surface area (Å²) in [5.41, 5.74) is 1.28.